The summed E-state index contributed by atoms with van der Waals surface area (Å²) in [6.07, 6.45) is 5.70. The van der Waals surface area contributed by atoms with E-state index in [0.29, 0.717) is 5.92 Å². The smallest absolute Gasteiger partial charge is 0.193 e. The van der Waals surface area contributed by atoms with Gasteiger partial charge in [0.05, 0.1) is 13.2 Å². The fraction of sp³-hybridized carbons (Fsp3) is 0.944. The van der Waals surface area contributed by atoms with Crippen molar-refractivity contribution in [3.8, 4) is 0 Å². The van der Waals surface area contributed by atoms with E-state index in [-0.39, 0.29) is 24.0 Å². The van der Waals surface area contributed by atoms with Gasteiger partial charge in [-0.1, -0.05) is 19.8 Å². The highest BCUT2D eigenvalue weighted by molar-refractivity contribution is 14.0. The monoisotopic (exact) mass is 450 g/mol. The molecule has 0 radical (unpaired) electrons. The summed E-state index contributed by atoms with van der Waals surface area (Å²) in [6, 6.07) is 0. The highest BCUT2D eigenvalue weighted by Crippen LogP contribution is 2.35. The Morgan fingerprint density at radius 3 is 2.38 bits per heavy atom. The average molecular weight is 450 g/mol. The van der Waals surface area contributed by atoms with Gasteiger partial charge >= 0.3 is 0 Å². The van der Waals surface area contributed by atoms with E-state index in [1.807, 2.05) is 7.05 Å². The van der Waals surface area contributed by atoms with Crippen LogP contribution in [0.1, 0.15) is 32.6 Å². The molecule has 3 rings (SSSR count). The van der Waals surface area contributed by atoms with E-state index >= 15 is 0 Å². The highest BCUT2D eigenvalue weighted by atomic mass is 127. The quantitative estimate of drug-likeness (QED) is 0.406. The molecule has 1 aliphatic carbocycles. The van der Waals surface area contributed by atoms with Gasteiger partial charge in [-0.25, -0.2) is 0 Å². The van der Waals surface area contributed by atoms with Crippen LogP contribution in [0.15, 0.2) is 4.99 Å². The van der Waals surface area contributed by atoms with Crippen molar-refractivity contribution in [2.75, 3.05) is 59.5 Å². The van der Waals surface area contributed by atoms with E-state index in [1.165, 1.54) is 38.8 Å². The molecule has 0 amide bonds. The number of ether oxygens (including phenoxy) is 1. The molecule has 2 saturated heterocycles. The molecule has 2 aliphatic heterocycles. The van der Waals surface area contributed by atoms with Crippen LogP contribution in [0.5, 0.6) is 0 Å². The Balaban J connectivity index is 0.00000208. The molecule has 1 N–H and O–H groups in total. The van der Waals surface area contributed by atoms with E-state index in [4.69, 9.17) is 4.74 Å². The average Bonchev–Trinajstić information content (AvgIpc) is 3.00. The Morgan fingerprint density at radius 1 is 1.17 bits per heavy atom. The Kier molecular flexibility index (Phi) is 8.57. The van der Waals surface area contributed by atoms with Gasteiger partial charge in [-0.05, 0) is 30.6 Å². The molecule has 3 unspecified atom stereocenters. The largest absolute Gasteiger partial charge is 0.379 e. The molecule has 3 atom stereocenters. The number of nitrogens with zero attached hydrogens (tertiary/aromatic N) is 3. The Morgan fingerprint density at radius 2 is 1.79 bits per heavy atom. The zero-order chi connectivity index (χ0) is 16.1. The standard InChI is InChI=1S/C18H34N4O.HI/c1-15(12-21-7-9-23-10-8-21)11-20-18(19-2)22-13-16-5-3-4-6-17(16)14-22;/h15-17H,3-14H2,1-2H3,(H,19,20);1H. The van der Waals surface area contributed by atoms with Crippen LogP contribution in [0.4, 0.5) is 0 Å². The fourth-order valence-electron chi connectivity index (χ4n) is 4.47. The number of fused-ring (bicyclic) bond motifs is 1. The van der Waals surface area contributed by atoms with E-state index < -0.39 is 0 Å². The Hall–Kier alpha value is -0.0800. The van der Waals surface area contributed by atoms with Gasteiger partial charge < -0.3 is 15.0 Å². The Labute approximate surface area is 164 Å². The molecule has 1 saturated carbocycles. The molecule has 24 heavy (non-hydrogen) atoms. The lowest BCUT2D eigenvalue weighted by molar-refractivity contribution is 0.0320. The second-order valence-electron chi connectivity index (χ2n) is 7.66. The maximum Gasteiger partial charge on any atom is 0.193 e. The van der Waals surface area contributed by atoms with Crippen molar-refractivity contribution < 1.29 is 4.74 Å². The normalized spacial score (nSPS) is 29.8. The third-order valence-electron chi connectivity index (χ3n) is 5.77. The van der Waals surface area contributed by atoms with Gasteiger partial charge in [0.25, 0.3) is 0 Å². The van der Waals surface area contributed by atoms with Gasteiger partial charge in [-0.15, -0.1) is 24.0 Å². The van der Waals surface area contributed by atoms with Gasteiger partial charge in [0.2, 0.25) is 0 Å². The van der Waals surface area contributed by atoms with Crippen molar-refractivity contribution in [2.45, 2.75) is 32.6 Å². The molecule has 140 valence electrons. The molecule has 0 aromatic rings. The number of rotatable bonds is 4. The maximum atomic E-state index is 5.43. The van der Waals surface area contributed by atoms with Gasteiger partial charge in [0.1, 0.15) is 0 Å². The first-order chi connectivity index (χ1) is 11.3. The molecule has 0 bridgehead atoms. The zero-order valence-electron chi connectivity index (χ0n) is 15.4. The van der Waals surface area contributed by atoms with Crippen LogP contribution >= 0.6 is 24.0 Å². The number of hydrogen-bond acceptors (Lipinski definition) is 3. The lowest BCUT2D eigenvalue weighted by atomic mass is 9.82. The van der Waals surface area contributed by atoms with Crippen molar-refractivity contribution in [3.63, 3.8) is 0 Å². The minimum absolute atomic E-state index is 0. The summed E-state index contributed by atoms with van der Waals surface area (Å²) >= 11 is 0. The van der Waals surface area contributed by atoms with Gasteiger partial charge in [-0.2, -0.15) is 0 Å². The summed E-state index contributed by atoms with van der Waals surface area (Å²) in [7, 11) is 1.93. The molecular formula is C18H35IN4O. The van der Waals surface area contributed by atoms with Gasteiger partial charge in [-0.3, -0.25) is 9.89 Å². The molecule has 5 nitrogen and oxygen atoms in total. The first kappa shape index (κ1) is 20.2. The van der Waals surface area contributed by atoms with Crippen LogP contribution in [0.3, 0.4) is 0 Å². The fourth-order valence-corrected chi connectivity index (χ4v) is 4.47. The number of halogens is 1. The van der Waals surface area contributed by atoms with E-state index in [9.17, 15) is 0 Å². The number of morpholine rings is 1. The third kappa shape index (κ3) is 5.46. The summed E-state index contributed by atoms with van der Waals surface area (Å²) in [6.45, 7) is 10.8. The Bertz CT molecular complexity index is 386. The number of guanidine groups is 1. The number of likely N-dealkylation sites (tertiary alicyclic amines) is 1. The van der Waals surface area contributed by atoms with E-state index in [2.05, 4.69) is 27.0 Å². The van der Waals surface area contributed by atoms with E-state index in [1.54, 1.807) is 0 Å². The van der Waals surface area contributed by atoms with Crippen molar-refractivity contribution in [3.05, 3.63) is 0 Å². The van der Waals surface area contributed by atoms with Crippen LogP contribution in [-0.4, -0.2) is 75.3 Å². The minimum Gasteiger partial charge on any atom is -0.379 e. The zero-order valence-corrected chi connectivity index (χ0v) is 17.7. The second kappa shape index (κ2) is 10.2. The lowest BCUT2D eigenvalue weighted by Gasteiger charge is -2.30. The van der Waals surface area contributed by atoms with Crippen LogP contribution in [0.2, 0.25) is 0 Å². The second-order valence-corrected chi connectivity index (χ2v) is 7.66. The maximum absolute atomic E-state index is 5.43. The highest BCUT2D eigenvalue weighted by Gasteiger charge is 2.35. The molecular weight excluding hydrogens is 415 g/mol. The molecule has 6 heteroatoms. The SMILES string of the molecule is CN=C(NCC(C)CN1CCOCC1)N1CC2CCCCC2C1.I. The molecule has 0 aromatic carbocycles. The summed E-state index contributed by atoms with van der Waals surface area (Å²) in [5, 5.41) is 3.63. The predicted octanol–water partition coefficient (Wildman–Crippen LogP) is 2.27. The summed E-state index contributed by atoms with van der Waals surface area (Å²) < 4.78 is 5.43. The summed E-state index contributed by atoms with van der Waals surface area (Å²) in [5.74, 6) is 3.57. The molecule has 3 aliphatic rings. The van der Waals surface area contributed by atoms with Crippen molar-refractivity contribution in [2.24, 2.45) is 22.7 Å². The van der Waals surface area contributed by atoms with Gasteiger partial charge in [0, 0.05) is 46.3 Å². The van der Waals surface area contributed by atoms with E-state index in [0.717, 1.165) is 57.2 Å². The van der Waals surface area contributed by atoms with Crippen LogP contribution < -0.4 is 5.32 Å². The van der Waals surface area contributed by atoms with Crippen molar-refractivity contribution in [1.82, 2.24) is 15.1 Å². The topological polar surface area (TPSA) is 40.1 Å². The van der Waals surface area contributed by atoms with Crippen molar-refractivity contribution in [1.29, 1.82) is 0 Å². The van der Waals surface area contributed by atoms with Crippen LogP contribution in [0.25, 0.3) is 0 Å². The molecule has 2 heterocycles. The number of hydrogen-bond donors (Lipinski definition) is 1. The van der Waals surface area contributed by atoms with Crippen LogP contribution in [-0.2, 0) is 4.74 Å². The lowest BCUT2D eigenvalue weighted by Crippen LogP contribution is -2.45. The summed E-state index contributed by atoms with van der Waals surface area (Å²) in [5.41, 5.74) is 0. The minimum atomic E-state index is 0. The molecule has 3 fully saturated rings. The van der Waals surface area contributed by atoms with Crippen LogP contribution in [0, 0.1) is 17.8 Å². The van der Waals surface area contributed by atoms with Crippen molar-refractivity contribution >= 4 is 29.9 Å². The number of aliphatic imine (C=N–C) groups is 1. The third-order valence-corrected chi connectivity index (χ3v) is 5.77. The first-order valence-electron chi connectivity index (χ1n) is 9.52. The van der Waals surface area contributed by atoms with Gasteiger partial charge in [0.15, 0.2) is 5.96 Å². The first-order valence-corrected chi connectivity index (χ1v) is 9.52. The predicted molar refractivity (Wildman–Crippen MR) is 110 cm³/mol. The molecule has 0 aromatic heterocycles. The molecule has 0 spiro atoms. The summed E-state index contributed by atoms with van der Waals surface area (Å²) in [4.78, 5) is 9.56. The number of nitrogens with one attached hydrogen (secondary N) is 1.